The first kappa shape index (κ1) is 19.8. The molecule has 1 aliphatic carbocycles. The quantitative estimate of drug-likeness (QED) is 0.691. The van der Waals surface area contributed by atoms with Gasteiger partial charge in [-0.05, 0) is 42.9 Å². The number of aromatic nitrogens is 1. The molecule has 0 aromatic carbocycles. The van der Waals surface area contributed by atoms with E-state index in [1.807, 2.05) is 30.2 Å². The number of hydrogen-bond acceptors (Lipinski definition) is 6. The number of ether oxygens (including phenoxy) is 1. The number of carbonyl (C=O) groups is 1. The highest BCUT2D eigenvalue weighted by Crippen LogP contribution is 2.42. The van der Waals surface area contributed by atoms with Crippen molar-refractivity contribution in [2.75, 3.05) is 26.2 Å². The molecule has 7 nitrogen and oxygen atoms in total. The molecule has 6 atom stereocenters. The van der Waals surface area contributed by atoms with E-state index >= 15 is 0 Å². The van der Waals surface area contributed by atoms with Crippen LogP contribution in [0.5, 0.6) is 0 Å². The summed E-state index contributed by atoms with van der Waals surface area (Å²) in [7, 11) is 0. The van der Waals surface area contributed by atoms with Crippen LogP contribution in [0, 0.1) is 23.7 Å². The first-order chi connectivity index (χ1) is 13.6. The molecule has 0 unspecified atom stereocenters. The molecule has 1 aromatic rings. The molecule has 0 bridgehead atoms. The van der Waals surface area contributed by atoms with Gasteiger partial charge in [0.25, 0.3) is 0 Å². The molecule has 1 aromatic heterocycles. The van der Waals surface area contributed by atoms with Crippen molar-refractivity contribution in [1.82, 2.24) is 15.2 Å². The average molecular weight is 389 g/mol. The summed E-state index contributed by atoms with van der Waals surface area (Å²) in [5, 5.41) is 24.1. The third kappa shape index (κ3) is 3.81. The highest BCUT2D eigenvalue weighted by Gasteiger charge is 2.53. The van der Waals surface area contributed by atoms with Gasteiger partial charge in [0.15, 0.2) is 0 Å². The van der Waals surface area contributed by atoms with Gasteiger partial charge in [-0.1, -0.05) is 13.0 Å². The van der Waals surface area contributed by atoms with Crippen LogP contribution in [0.15, 0.2) is 24.5 Å². The molecule has 2 aliphatic heterocycles. The van der Waals surface area contributed by atoms with Crippen LogP contribution in [0.1, 0.15) is 25.3 Å². The van der Waals surface area contributed by atoms with Gasteiger partial charge >= 0.3 is 0 Å². The zero-order valence-electron chi connectivity index (χ0n) is 16.4. The number of amides is 1. The van der Waals surface area contributed by atoms with Gasteiger partial charge in [0.1, 0.15) is 0 Å². The summed E-state index contributed by atoms with van der Waals surface area (Å²) in [5.41, 5.74) is 1.06. The second-order valence-corrected chi connectivity index (χ2v) is 8.55. The summed E-state index contributed by atoms with van der Waals surface area (Å²) >= 11 is 0. The van der Waals surface area contributed by atoms with Crippen LogP contribution < -0.4 is 5.32 Å². The first-order valence-corrected chi connectivity index (χ1v) is 10.4. The number of aliphatic hydroxyl groups is 2. The van der Waals surface area contributed by atoms with E-state index in [9.17, 15) is 15.0 Å². The molecule has 1 amide bonds. The number of carbonyl (C=O) groups excluding carboxylic acids is 1. The number of aliphatic hydroxyl groups excluding tert-OH is 2. The van der Waals surface area contributed by atoms with Crippen molar-refractivity contribution in [3.63, 3.8) is 0 Å². The minimum atomic E-state index is -0.838. The Kier molecular flexibility index (Phi) is 5.96. The van der Waals surface area contributed by atoms with Crippen molar-refractivity contribution < 1.29 is 19.7 Å². The molecular formula is C21H31N3O4. The summed E-state index contributed by atoms with van der Waals surface area (Å²) < 4.78 is 6.00. The summed E-state index contributed by atoms with van der Waals surface area (Å²) in [6, 6.07) is 3.91. The van der Waals surface area contributed by atoms with E-state index < -0.39 is 12.2 Å². The van der Waals surface area contributed by atoms with E-state index in [1.54, 1.807) is 6.20 Å². The zero-order chi connectivity index (χ0) is 19.7. The first-order valence-electron chi connectivity index (χ1n) is 10.4. The maximum Gasteiger partial charge on any atom is 0.226 e. The van der Waals surface area contributed by atoms with Crippen LogP contribution in [0.3, 0.4) is 0 Å². The number of likely N-dealkylation sites (tertiary alicyclic amines) is 1. The fourth-order valence-electron chi connectivity index (χ4n) is 5.21. The number of piperidine rings is 1. The van der Waals surface area contributed by atoms with E-state index in [0.29, 0.717) is 26.2 Å². The van der Waals surface area contributed by atoms with E-state index in [1.165, 1.54) is 0 Å². The Labute approximate surface area is 166 Å². The predicted octanol–water partition coefficient (Wildman–Crippen LogP) is 0.413. The molecule has 3 aliphatic rings. The Balaban J connectivity index is 1.33. The van der Waals surface area contributed by atoms with Crippen molar-refractivity contribution in [3.05, 3.63) is 30.1 Å². The minimum Gasteiger partial charge on any atom is -0.390 e. The standard InChI is InChI=1S/C21H31N3O4/c1-13-18(16-10-23-11-17(16)20(26)19(13)25)21(27)24-7-4-15(5-8-24)28-12-14-3-2-6-22-9-14/h2-3,6,9,13,15-20,23,25-26H,4-5,7-8,10-12H2,1H3/t13-,16+,17+,18+,19+,20+/m1/s1. The second-order valence-electron chi connectivity index (χ2n) is 8.55. The van der Waals surface area contributed by atoms with Crippen molar-refractivity contribution in [3.8, 4) is 0 Å². The molecule has 4 rings (SSSR count). The highest BCUT2D eigenvalue weighted by atomic mass is 16.5. The van der Waals surface area contributed by atoms with Gasteiger partial charge in [-0.2, -0.15) is 0 Å². The fraction of sp³-hybridized carbons (Fsp3) is 0.714. The van der Waals surface area contributed by atoms with E-state index in [2.05, 4.69) is 10.3 Å². The summed E-state index contributed by atoms with van der Waals surface area (Å²) in [4.78, 5) is 19.3. The van der Waals surface area contributed by atoms with Gasteiger partial charge in [0, 0.05) is 43.9 Å². The highest BCUT2D eigenvalue weighted by molar-refractivity contribution is 5.80. The minimum absolute atomic E-state index is 0.0412. The molecule has 3 fully saturated rings. The molecule has 3 N–H and O–H groups in total. The molecule has 1 saturated carbocycles. The number of pyridine rings is 1. The molecule has 0 spiro atoms. The van der Waals surface area contributed by atoms with Crippen LogP contribution in [-0.4, -0.2) is 70.5 Å². The predicted molar refractivity (Wildman–Crippen MR) is 103 cm³/mol. The maximum absolute atomic E-state index is 13.3. The zero-order valence-corrected chi connectivity index (χ0v) is 16.4. The Bertz CT molecular complexity index is 665. The molecule has 154 valence electrons. The van der Waals surface area contributed by atoms with Crippen molar-refractivity contribution in [1.29, 1.82) is 0 Å². The lowest BCUT2D eigenvalue weighted by Crippen LogP contribution is -2.57. The topological polar surface area (TPSA) is 94.9 Å². The third-order valence-corrected chi connectivity index (χ3v) is 6.91. The van der Waals surface area contributed by atoms with E-state index in [4.69, 9.17) is 4.74 Å². The monoisotopic (exact) mass is 389 g/mol. The maximum atomic E-state index is 13.3. The third-order valence-electron chi connectivity index (χ3n) is 6.91. The normalized spacial score (nSPS) is 36.3. The molecule has 2 saturated heterocycles. The van der Waals surface area contributed by atoms with Gasteiger partial charge < -0.3 is 25.2 Å². The summed E-state index contributed by atoms with van der Waals surface area (Å²) in [6.45, 7) is 5.22. The van der Waals surface area contributed by atoms with Crippen LogP contribution in [-0.2, 0) is 16.1 Å². The van der Waals surface area contributed by atoms with Gasteiger partial charge in [-0.3, -0.25) is 9.78 Å². The second kappa shape index (κ2) is 8.45. The lowest BCUT2D eigenvalue weighted by molar-refractivity contribution is -0.157. The van der Waals surface area contributed by atoms with Crippen LogP contribution >= 0.6 is 0 Å². The van der Waals surface area contributed by atoms with Crippen LogP contribution in [0.2, 0.25) is 0 Å². The number of nitrogens with zero attached hydrogens (tertiary/aromatic N) is 2. The Morgan fingerprint density at radius 3 is 2.71 bits per heavy atom. The lowest BCUT2D eigenvalue weighted by Gasteiger charge is -2.45. The number of hydrogen-bond donors (Lipinski definition) is 3. The SMILES string of the molecule is C[C@H]1[C@H](O)[C@@H](O)[C@H]2CNC[C@@H]2[C@H]1C(=O)N1CCC(OCc2cccnc2)CC1. The summed E-state index contributed by atoms with van der Waals surface area (Å²) in [6.07, 6.45) is 3.78. The van der Waals surface area contributed by atoms with Gasteiger partial charge in [0.05, 0.1) is 24.9 Å². The molecule has 28 heavy (non-hydrogen) atoms. The molecule has 0 radical (unpaired) electrons. The van der Waals surface area contributed by atoms with Crippen molar-refractivity contribution >= 4 is 5.91 Å². The smallest absolute Gasteiger partial charge is 0.226 e. The Morgan fingerprint density at radius 1 is 1.25 bits per heavy atom. The number of nitrogens with one attached hydrogen (secondary N) is 1. The van der Waals surface area contributed by atoms with E-state index in [-0.39, 0.29) is 35.7 Å². The number of rotatable bonds is 4. The van der Waals surface area contributed by atoms with Gasteiger partial charge in [-0.15, -0.1) is 0 Å². The average Bonchev–Trinajstić information content (AvgIpc) is 3.21. The van der Waals surface area contributed by atoms with Crippen LogP contribution in [0.25, 0.3) is 0 Å². The molecule has 7 heteroatoms. The Morgan fingerprint density at radius 2 is 2.00 bits per heavy atom. The van der Waals surface area contributed by atoms with Gasteiger partial charge in [-0.25, -0.2) is 0 Å². The van der Waals surface area contributed by atoms with Crippen molar-refractivity contribution in [2.45, 2.75) is 44.7 Å². The molecule has 3 heterocycles. The van der Waals surface area contributed by atoms with Gasteiger partial charge in [0.2, 0.25) is 5.91 Å². The van der Waals surface area contributed by atoms with Crippen molar-refractivity contribution in [2.24, 2.45) is 23.7 Å². The summed E-state index contributed by atoms with van der Waals surface area (Å²) in [5.74, 6) is -0.279. The number of fused-ring (bicyclic) bond motifs is 1. The van der Waals surface area contributed by atoms with Crippen LogP contribution in [0.4, 0.5) is 0 Å². The lowest BCUT2D eigenvalue weighted by atomic mass is 9.65. The largest absolute Gasteiger partial charge is 0.390 e. The fourth-order valence-corrected chi connectivity index (χ4v) is 5.21. The van der Waals surface area contributed by atoms with E-state index in [0.717, 1.165) is 24.9 Å². The Hall–Kier alpha value is -1.54. The molecular weight excluding hydrogens is 358 g/mol.